The molecule has 2 amide bonds. The number of benzene rings is 1. The number of nitrogens with one attached hydrogen (secondary N) is 2. The van der Waals surface area contributed by atoms with Gasteiger partial charge in [-0.1, -0.05) is 48.2 Å². The molecule has 0 saturated heterocycles. The number of hydrogen-bond donors (Lipinski definition) is 4. The highest BCUT2D eigenvalue weighted by atomic mass is 35.5. The van der Waals surface area contributed by atoms with Crippen LogP contribution in [0.15, 0.2) is 18.2 Å². The number of carbonyl (C=O) groups excluding carboxylic acids is 2. The van der Waals surface area contributed by atoms with Crippen LogP contribution in [0, 0.1) is 5.92 Å². The quantitative estimate of drug-likeness (QED) is 0.410. The number of amides is 2. The molecule has 0 saturated carbocycles. The van der Waals surface area contributed by atoms with Gasteiger partial charge in [-0.25, -0.2) is 0 Å². The van der Waals surface area contributed by atoms with E-state index in [0.717, 1.165) is 0 Å². The molecule has 26 heavy (non-hydrogen) atoms. The molecule has 4 N–H and O–H groups in total. The van der Waals surface area contributed by atoms with Crippen molar-refractivity contribution in [1.82, 2.24) is 10.6 Å². The minimum atomic E-state index is -1.78. The summed E-state index contributed by atoms with van der Waals surface area (Å²) in [6.45, 7) is 3.50. The summed E-state index contributed by atoms with van der Waals surface area (Å²) >= 11 is 11.8. The van der Waals surface area contributed by atoms with Gasteiger partial charge in [0, 0.05) is 10.4 Å². The van der Waals surface area contributed by atoms with Gasteiger partial charge in [-0.2, -0.15) is 0 Å². The van der Waals surface area contributed by atoms with Crippen LogP contribution in [-0.4, -0.2) is 64.4 Å². The van der Waals surface area contributed by atoms with Crippen LogP contribution < -0.4 is 10.6 Å². The molecule has 1 unspecified atom stereocenters. The average molecular weight is 396 g/mol. The highest BCUT2D eigenvalue weighted by Gasteiger charge is 2.51. The van der Waals surface area contributed by atoms with Crippen LogP contribution in [0.5, 0.6) is 0 Å². The summed E-state index contributed by atoms with van der Waals surface area (Å²) in [5.41, 5.74) is 0.152. The first-order valence-electron chi connectivity index (χ1n) is 8.23. The van der Waals surface area contributed by atoms with Gasteiger partial charge in [0.2, 0.25) is 5.91 Å². The number of halogens is 2. The summed E-state index contributed by atoms with van der Waals surface area (Å²) in [6, 6.07) is 4.44. The van der Waals surface area contributed by atoms with Gasteiger partial charge in [-0.05, 0) is 18.2 Å². The fourth-order valence-corrected chi connectivity index (χ4v) is 2.79. The molecule has 0 aliphatic heterocycles. The lowest BCUT2D eigenvalue weighted by atomic mass is 9.27. The van der Waals surface area contributed by atoms with Gasteiger partial charge in [-0.15, -0.1) is 0 Å². The number of rotatable bonds is 7. The largest absolute Gasteiger partial charge is 0.468 e. The zero-order chi connectivity index (χ0) is 20.3. The van der Waals surface area contributed by atoms with Gasteiger partial charge in [0.05, 0.1) is 17.1 Å². The predicted octanol–water partition coefficient (Wildman–Crippen LogP) is -1.78. The van der Waals surface area contributed by atoms with E-state index in [1.807, 2.05) is 29.5 Å². The molecule has 0 heterocycles. The van der Waals surface area contributed by atoms with E-state index in [9.17, 15) is 19.6 Å². The maximum atomic E-state index is 12.3. The maximum Gasteiger partial charge on any atom is 0.468 e. The van der Waals surface area contributed by atoms with Crippen molar-refractivity contribution in [1.29, 1.82) is 0 Å². The van der Waals surface area contributed by atoms with Crippen LogP contribution in [0.25, 0.3) is 0 Å². The monoisotopic (exact) mass is 396 g/mol. The minimum Gasteiger partial charge on any atom is -0.426 e. The van der Waals surface area contributed by atoms with Crippen molar-refractivity contribution in [2.45, 2.75) is 24.4 Å². The van der Waals surface area contributed by atoms with Crippen LogP contribution in [0.1, 0.15) is 24.2 Å². The Labute approximate surface area is 166 Å². The first kappa shape index (κ1) is 23.0. The Balaban J connectivity index is 2.84. The zero-order valence-electron chi connectivity index (χ0n) is 15.6. The average Bonchev–Trinajstić information content (AvgIpc) is 2.54. The highest BCUT2D eigenvalue weighted by Crippen LogP contribution is 2.38. The first-order valence-corrected chi connectivity index (χ1v) is 8.99. The van der Waals surface area contributed by atoms with Gasteiger partial charge in [0.15, 0.2) is 0 Å². The summed E-state index contributed by atoms with van der Waals surface area (Å²) in [4.78, 5) is 24.5. The van der Waals surface area contributed by atoms with Crippen molar-refractivity contribution in [3.8, 4) is 0 Å². The van der Waals surface area contributed by atoms with E-state index in [1.165, 1.54) is 12.1 Å². The third kappa shape index (κ3) is 5.00. The summed E-state index contributed by atoms with van der Waals surface area (Å²) in [7, 11) is 3.45. The molecule has 0 fully saturated rings. The van der Waals surface area contributed by atoms with Crippen molar-refractivity contribution in [3.63, 3.8) is 0 Å². The molecule has 0 aliphatic carbocycles. The van der Waals surface area contributed by atoms with Crippen LogP contribution in [0.3, 0.4) is 0 Å². The summed E-state index contributed by atoms with van der Waals surface area (Å²) < 4.78 is 0. The Morgan fingerprint density at radius 1 is 1.23 bits per heavy atom. The van der Waals surface area contributed by atoms with Gasteiger partial charge < -0.3 is 20.7 Å². The number of carbonyl (C=O) groups is 2. The standard InChI is InChI=1S/C14H22B4Cl2N2O4/c1-7(2)13(15,16)14(17,18(25)26)22-11(23)6-21-12(24)9-5-8(19)3-4-10(9)20/h3-5,7,25-26H,6,15-17H2,1-2H3,(H,21,24)(H,22,23). The van der Waals surface area contributed by atoms with E-state index in [1.54, 1.807) is 13.9 Å². The molecular formula is C14H22B4Cl2N2O4. The van der Waals surface area contributed by atoms with Crippen molar-refractivity contribution in [2.24, 2.45) is 5.92 Å². The smallest absolute Gasteiger partial charge is 0.426 e. The predicted molar refractivity (Wildman–Crippen MR) is 113 cm³/mol. The van der Waals surface area contributed by atoms with Crippen molar-refractivity contribution >= 4 is 65.7 Å². The Morgan fingerprint density at radius 3 is 2.31 bits per heavy atom. The summed E-state index contributed by atoms with van der Waals surface area (Å²) in [5, 5.41) is 23.4. The van der Waals surface area contributed by atoms with E-state index < -0.39 is 29.5 Å². The lowest BCUT2D eigenvalue weighted by molar-refractivity contribution is -0.121. The molecule has 1 aromatic rings. The summed E-state index contributed by atoms with van der Waals surface area (Å²) in [6.07, 6.45) is 0. The van der Waals surface area contributed by atoms with Crippen LogP contribution in [-0.2, 0) is 4.79 Å². The number of hydrogen-bond acceptors (Lipinski definition) is 4. The molecular weight excluding hydrogens is 374 g/mol. The normalized spacial score (nSPS) is 13.8. The van der Waals surface area contributed by atoms with E-state index in [-0.39, 0.29) is 23.0 Å². The lowest BCUT2D eigenvalue weighted by Crippen LogP contribution is -2.69. The van der Waals surface area contributed by atoms with Crippen LogP contribution >= 0.6 is 23.2 Å². The molecule has 12 heteroatoms. The fourth-order valence-electron chi connectivity index (χ4n) is 2.42. The molecule has 1 atom stereocenters. The topological polar surface area (TPSA) is 98.7 Å². The van der Waals surface area contributed by atoms with Crippen molar-refractivity contribution < 1.29 is 19.6 Å². The first-order chi connectivity index (χ1) is 11.8. The van der Waals surface area contributed by atoms with Gasteiger partial charge in [-0.3, -0.25) is 9.59 Å². The molecule has 1 aromatic carbocycles. The molecule has 1 rings (SSSR count). The van der Waals surface area contributed by atoms with E-state index in [2.05, 4.69) is 10.6 Å². The second-order valence-corrected chi connectivity index (χ2v) is 8.15. The Kier molecular flexibility index (Phi) is 7.72. The van der Waals surface area contributed by atoms with Crippen LogP contribution in [0.2, 0.25) is 15.3 Å². The molecule has 0 radical (unpaired) electrons. The van der Waals surface area contributed by atoms with E-state index in [4.69, 9.17) is 23.2 Å². The van der Waals surface area contributed by atoms with Gasteiger partial charge in [0.1, 0.15) is 23.5 Å². The SMILES string of the molecule is BC(NC(=O)CNC(=O)c1cc(Cl)ccc1Cl)(B(O)O)C(B)(B)C(C)C. The third-order valence-electron chi connectivity index (χ3n) is 5.28. The highest BCUT2D eigenvalue weighted by molar-refractivity contribution is 6.65. The molecule has 138 valence electrons. The summed E-state index contributed by atoms with van der Waals surface area (Å²) in [5.74, 6) is -1.06. The molecule has 0 spiro atoms. The third-order valence-corrected chi connectivity index (χ3v) is 5.84. The Hall–Kier alpha value is -1.08. The van der Waals surface area contributed by atoms with Crippen molar-refractivity contribution in [3.05, 3.63) is 33.8 Å². The van der Waals surface area contributed by atoms with Gasteiger partial charge in [0.25, 0.3) is 5.91 Å². The maximum absolute atomic E-state index is 12.3. The second-order valence-electron chi connectivity index (χ2n) is 7.31. The molecule has 0 bridgehead atoms. The Morgan fingerprint density at radius 2 is 1.81 bits per heavy atom. The molecule has 0 aromatic heterocycles. The second kappa shape index (κ2) is 8.74. The van der Waals surface area contributed by atoms with Gasteiger partial charge >= 0.3 is 7.12 Å². The fraction of sp³-hybridized carbons (Fsp3) is 0.429. The lowest BCUT2D eigenvalue weighted by Gasteiger charge is -2.47. The Bertz CT molecular complexity index is 691. The minimum absolute atomic E-state index is 0.0504. The van der Waals surface area contributed by atoms with E-state index in [0.29, 0.717) is 5.02 Å². The van der Waals surface area contributed by atoms with Crippen molar-refractivity contribution in [2.75, 3.05) is 6.54 Å². The molecule has 6 nitrogen and oxygen atoms in total. The van der Waals surface area contributed by atoms with Crippen LogP contribution in [0.4, 0.5) is 0 Å². The van der Waals surface area contributed by atoms with E-state index >= 15 is 0 Å². The molecule has 0 aliphatic rings. The zero-order valence-corrected chi connectivity index (χ0v) is 17.1.